The van der Waals surface area contributed by atoms with Gasteiger partial charge in [-0.05, 0) is 42.5 Å². The molecule has 2 aliphatic heterocycles. The van der Waals surface area contributed by atoms with Gasteiger partial charge in [-0.1, -0.05) is 70.5 Å². The summed E-state index contributed by atoms with van der Waals surface area (Å²) in [6, 6.07) is 29.1. The number of fused-ring (bicyclic) bond motifs is 1. The van der Waals surface area contributed by atoms with E-state index in [1.165, 1.54) is 27.4 Å². The van der Waals surface area contributed by atoms with Crippen LogP contribution in [0.2, 0.25) is 0 Å². The number of hydrogen-bond acceptors (Lipinski definition) is 9. The Morgan fingerprint density at radius 2 is 1.54 bits per heavy atom. The molecule has 2 aliphatic rings. The Labute approximate surface area is 297 Å². The zero-order valence-corrected chi connectivity index (χ0v) is 29.3. The number of morpholine rings is 1. The lowest BCUT2D eigenvalue weighted by atomic mass is 10.1. The number of carbonyl (C=O) groups is 2. The van der Waals surface area contributed by atoms with Gasteiger partial charge in [0, 0.05) is 54.7 Å². The third-order valence-electron chi connectivity index (χ3n) is 8.51. The third kappa shape index (κ3) is 7.19. The van der Waals surface area contributed by atoms with Gasteiger partial charge in [-0.3, -0.25) is 9.59 Å². The number of ether oxygens (including phenoxy) is 2. The molecule has 0 aliphatic carbocycles. The highest BCUT2D eigenvalue weighted by Crippen LogP contribution is 2.34. The lowest BCUT2D eigenvalue weighted by molar-refractivity contribution is -0.143. The van der Waals surface area contributed by atoms with Crippen molar-refractivity contribution in [3.05, 3.63) is 102 Å². The fraction of sp³-hybridized carbons (Fsp3) is 0.222. The quantitative estimate of drug-likeness (QED) is 0.224. The number of anilines is 2. The predicted octanol–water partition coefficient (Wildman–Crippen LogP) is 5.16. The van der Waals surface area contributed by atoms with E-state index in [9.17, 15) is 18.0 Å². The van der Waals surface area contributed by atoms with Crippen molar-refractivity contribution in [2.75, 3.05) is 62.7 Å². The molecule has 3 heterocycles. The monoisotopic (exact) mass is 756 g/mol. The Bertz CT molecular complexity index is 2160. The average molecular weight is 758 g/mol. The first-order valence-electron chi connectivity index (χ1n) is 16.1. The van der Waals surface area contributed by atoms with Crippen molar-refractivity contribution >= 4 is 60.3 Å². The number of sulfonamides is 1. The van der Waals surface area contributed by atoms with E-state index in [-0.39, 0.29) is 55.7 Å². The van der Waals surface area contributed by atoms with E-state index in [4.69, 9.17) is 19.4 Å². The molecule has 7 rings (SSSR count). The smallest absolute Gasteiger partial charge is 0.314 e. The highest BCUT2D eigenvalue weighted by atomic mass is 79.9. The van der Waals surface area contributed by atoms with Crippen LogP contribution in [0.4, 0.5) is 11.6 Å². The molecule has 0 bridgehead atoms. The normalized spacial score (nSPS) is 15.5. The maximum absolute atomic E-state index is 13.5. The van der Waals surface area contributed by atoms with Gasteiger partial charge in [-0.15, -0.1) is 0 Å². The molecule has 1 aromatic heterocycles. The van der Waals surface area contributed by atoms with E-state index in [0.717, 1.165) is 26.6 Å². The summed E-state index contributed by atoms with van der Waals surface area (Å²) in [5.41, 5.74) is 2.66. The van der Waals surface area contributed by atoms with E-state index in [1.54, 1.807) is 18.2 Å². The zero-order valence-electron chi connectivity index (χ0n) is 26.9. The van der Waals surface area contributed by atoms with Crippen molar-refractivity contribution in [2.24, 2.45) is 0 Å². The van der Waals surface area contributed by atoms with Crippen LogP contribution in [0.3, 0.4) is 0 Å². The molecule has 0 atom stereocenters. The zero-order chi connectivity index (χ0) is 34.7. The Morgan fingerprint density at radius 3 is 2.30 bits per heavy atom. The van der Waals surface area contributed by atoms with Crippen LogP contribution in [0.25, 0.3) is 22.2 Å². The van der Waals surface area contributed by atoms with Crippen LogP contribution in [0.1, 0.15) is 0 Å². The summed E-state index contributed by atoms with van der Waals surface area (Å²) >= 11 is 3.42. The molecule has 2 amide bonds. The molecule has 2 fully saturated rings. The Kier molecular flexibility index (Phi) is 9.76. The van der Waals surface area contributed by atoms with E-state index in [0.29, 0.717) is 24.8 Å². The van der Waals surface area contributed by atoms with E-state index < -0.39 is 21.8 Å². The van der Waals surface area contributed by atoms with Gasteiger partial charge in [0.1, 0.15) is 5.75 Å². The Morgan fingerprint density at radius 1 is 0.800 bits per heavy atom. The van der Waals surface area contributed by atoms with Gasteiger partial charge in [-0.25, -0.2) is 18.4 Å². The minimum Gasteiger partial charge on any atom is -0.455 e. The predicted molar refractivity (Wildman–Crippen MR) is 193 cm³/mol. The first-order valence-corrected chi connectivity index (χ1v) is 18.3. The maximum Gasteiger partial charge on any atom is 0.314 e. The van der Waals surface area contributed by atoms with Gasteiger partial charge >= 0.3 is 11.8 Å². The summed E-state index contributed by atoms with van der Waals surface area (Å²) in [7, 11) is -3.90. The minimum atomic E-state index is -3.90. The number of hydrogen-bond donors (Lipinski definition) is 1. The van der Waals surface area contributed by atoms with Crippen LogP contribution in [-0.2, 0) is 24.3 Å². The van der Waals surface area contributed by atoms with Crippen LogP contribution in [-0.4, -0.2) is 91.9 Å². The molecule has 50 heavy (non-hydrogen) atoms. The summed E-state index contributed by atoms with van der Waals surface area (Å²) in [5, 5.41) is 3.58. The van der Waals surface area contributed by atoms with Gasteiger partial charge < -0.3 is 24.6 Å². The van der Waals surface area contributed by atoms with Crippen molar-refractivity contribution in [1.82, 2.24) is 19.2 Å². The summed E-state index contributed by atoms with van der Waals surface area (Å²) < 4.78 is 40.4. The largest absolute Gasteiger partial charge is 0.455 e. The summed E-state index contributed by atoms with van der Waals surface area (Å²) in [4.78, 5) is 40.1. The SMILES string of the molecule is O=C(Nc1cc(S(=O)(=O)N2CCOCC2)ccc1Oc1cccc(Br)c1)C(=O)N1CCN(c2nc(-c3ccccc3)c3ccccc3n2)CC1. The standard InChI is InChI=1S/C36H33BrN6O6S/c37-26-9-6-10-27(23-26)49-32-14-13-28(50(46,47)43-19-21-48-22-20-43)24-31(32)38-34(44)35(45)41-15-17-42(18-16-41)36-39-30-12-5-4-11-29(30)33(40-36)25-7-2-1-3-8-25/h1-14,23-24H,15-22H2,(H,38,44). The second-order valence-corrected chi connectivity index (χ2v) is 14.6. The highest BCUT2D eigenvalue weighted by molar-refractivity contribution is 9.10. The van der Waals surface area contributed by atoms with Crippen molar-refractivity contribution in [3.63, 3.8) is 0 Å². The van der Waals surface area contributed by atoms with Gasteiger partial charge in [0.25, 0.3) is 0 Å². The minimum absolute atomic E-state index is 0.0392. The number of piperazine rings is 1. The van der Waals surface area contributed by atoms with Crippen LogP contribution in [0.15, 0.2) is 106 Å². The number of benzene rings is 4. The molecule has 0 unspecified atom stereocenters. The van der Waals surface area contributed by atoms with Gasteiger partial charge in [0.05, 0.1) is 35.0 Å². The lowest BCUT2D eigenvalue weighted by Crippen LogP contribution is -2.52. The second kappa shape index (κ2) is 14.5. The molecule has 14 heteroatoms. The number of para-hydroxylation sites is 1. The number of halogens is 1. The molecule has 12 nitrogen and oxygen atoms in total. The summed E-state index contributed by atoms with van der Waals surface area (Å²) in [5.74, 6) is -0.479. The molecule has 0 radical (unpaired) electrons. The lowest BCUT2D eigenvalue weighted by Gasteiger charge is -2.34. The number of nitrogens with one attached hydrogen (secondary N) is 1. The van der Waals surface area contributed by atoms with E-state index in [1.807, 2.05) is 65.6 Å². The van der Waals surface area contributed by atoms with Crippen molar-refractivity contribution in [2.45, 2.75) is 4.90 Å². The Balaban J connectivity index is 1.09. The van der Waals surface area contributed by atoms with Crippen LogP contribution < -0.4 is 15.0 Å². The Hall–Kier alpha value is -4.89. The first-order chi connectivity index (χ1) is 24.3. The van der Waals surface area contributed by atoms with E-state index in [2.05, 4.69) is 21.2 Å². The molecular formula is C36H33BrN6O6S. The first kappa shape index (κ1) is 33.6. The molecule has 256 valence electrons. The second-order valence-electron chi connectivity index (χ2n) is 11.7. The molecule has 4 aromatic carbocycles. The number of rotatable bonds is 7. The summed E-state index contributed by atoms with van der Waals surface area (Å²) in [6.45, 7) is 2.34. The van der Waals surface area contributed by atoms with Gasteiger partial charge in [0.2, 0.25) is 16.0 Å². The van der Waals surface area contributed by atoms with E-state index >= 15 is 0 Å². The van der Waals surface area contributed by atoms with Crippen molar-refractivity contribution in [1.29, 1.82) is 0 Å². The summed E-state index contributed by atoms with van der Waals surface area (Å²) in [6.07, 6.45) is 0. The maximum atomic E-state index is 13.5. The molecular weight excluding hydrogens is 724 g/mol. The molecule has 0 spiro atoms. The van der Waals surface area contributed by atoms with Crippen molar-refractivity contribution < 1.29 is 27.5 Å². The fourth-order valence-corrected chi connectivity index (χ4v) is 7.71. The van der Waals surface area contributed by atoms with Crippen LogP contribution in [0, 0.1) is 0 Å². The number of carbonyl (C=O) groups excluding carboxylic acids is 2. The third-order valence-corrected chi connectivity index (χ3v) is 10.9. The molecule has 1 N–H and O–H groups in total. The average Bonchev–Trinajstić information content (AvgIpc) is 3.15. The van der Waals surface area contributed by atoms with Gasteiger partial charge in [0.15, 0.2) is 5.75 Å². The number of amides is 2. The molecule has 5 aromatic rings. The molecule has 2 saturated heterocycles. The topological polar surface area (TPSA) is 134 Å². The van der Waals surface area contributed by atoms with Crippen molar-refractivity contribution in [3.8, 4) is 22.8 Å². The number of aromatic nitrogens is 2. The fourth-order valence-electron chi connectivity index (χ4n) is 5.90. The molecule has 0 saturated carbocycles. The highest BCUT2D eigenvalue weighted by Gasteiger charge is 2.30. The number of nitrogens with zero attached hydrogens (tertiary/aromatic N) is 5. The van der Waals surface area contributed by atoms with Gasteiger partial charge in [-0.2, -0.15) is 4.31 Å². The van der Waals surface area contributed by atoms with Crippen LogP contribution in [0.5, 0.6) is 11.5 Å². The van der Waals surface area contributed by atoms with Crippen LogP contribution >= 0.6 is 15.9 Å².